The fraction of sp³-hybridized carbons (Fsp3) is 0.0417. The van der Waals surface area contributed by atoms with Crippen LogP contribution in [-0.2, 0) is 7.05 Å². The van der Waals surface area contributed by atoms with Crippen molar-refractivity contribution in [1.82, 2.24) is 14.8 Å². The molecule has 0 bridgehead atoms. The first-order chi connectivity index (χ1) is 16.0. The van der Waals surface area contributed by atoms with Crippen LogP contribution >= 0.6 is 0 Å². The summed E-state index contributed by atoms with van der Waals surface area (Å²) in [6.07, 6.45) is 1.49. The van der Waals surface area contributed by atoms with E-state index in [0.29, 0.717) is 17.2 Å². The van der Waals surface area contributed by atoms with Crippen LogP contribution in [0.1, 0.15) is 11.4 Å². The van der Waals surface area contributed by atoms with Crippen LogP contribution in [0.15, 0.2) is 72.8 Å². The lowest BCUT2D eigenvalue weighted by Crippen LogP contribution is -1.99. The quantitative estimate of drug-likeness (QED) is 0.226. The number of benzene rings is 3. The van der Waals surface area contributed by atoms with Crippen LogP contribution < -0.4 is 4.74 Å². The first-order valence-electron chi connectivity index (χ1n) is 9.75. The average molecular weight is 441 g/mol. The molecule has 0 saturated carbocycles. The minimum Gasteiger partial charge on any atom is -0.450 e. The molecule has 4 rings (SSSR count). The summed E-state index contributed by atoms with van der Waals surface area (Å²) in [5.41, 5.74) is 1.14. The van der Waals surface area contributed by atoms with E-state index in [2.05, 4.69) is 16.3 Å². The number of nitro benzene ring substituents is 1. The highest BCUT2D eigenvalue weighted by Crippen LogP contribution is 2.33. The molecule has 1 aromatic heterocycles. The van der Waals surface area contributed by atoms with Gasteiger partial charge < -0.3 is 9.30 Å². The molecule has 9 heteroatoms. The zero-order valence-corrected chi connectivity index (χ0v) is 17.3. The first kappa shape index (κ1) is 21.4. The SMILES string of the molecule is Cn1c(/C(C#N)=C/c2ccc(Oc3ccc(F)cc3)c([N+](=O)[O-])c2)nnc1-c1ccccc1. The molecule has 0 spiro atoms. The summed E-state index contributed by atoms with van der Waals surface area (Å²) in [5, 5.41) is 29.6. The van der Waals surface area contributed by atoms with Gasteiger partial charge in [-0.1, -0.05) is 36.4 Å². The Morgan fingerprint density at radius 2 is 1.85 bits per heavy atom. The number of hydrogen-bond acceptors (Lipinski definition) is 6. The maximum Gasteiger partial charge on any atom is 0.312 e. The van der Waals surface area contributed by atoms with Crippen LogP contribution in [0.4, 0.5) is 10.1 Å². The van der Waals surface area contributed by atoms with Crippen molar-refractivity contribution in [2.24, 2.45) is 7.05 Å². The fourth-order valence-corrected chi connectivity index (χ4v) is 3.20. The highest BCUT2D eigenvalue weighted by molar-refractivity contribution is 5.88. The van der Waals surface area contributed by atoms with Gasteiger partial charge in [-0.15, -0.1) is 10.2 Å². The Bertz CT molecular complexity index is 1390. The van der Waals surface area contributed by atoms with Crippen LogP contribution in [0.2, 0.25) is 0 Å². The second-order valence-corrected chi connectivity index (χ2v) is 6.98. The van der Waals surface area contributed by atoms with Crippen LogP contribution in [0, 0.1) is 27.3 Å². The van der Waals surface area contributed by atoms with Crippen molar-refractivity contribution in [3.63, 3.8) is 0 Å². The molecule has 0 unspecified atom stereocenters. The summed E-state index contributed by atoms with van der Waals surface area (Å²) in [6, 6.07) is 20.9. The molecule has 1 heterocycles. The van der Waals surface area contributed by atoms with E-state index >= 15 is 0 Å². The topological polar surface area (TPSA) is 107 Å². The number of nitro groups is 1. The van der Waals surface area contributed by atoms with Crippen molar-refractivity contribution in [3.8, 4) is 29.0 Å². The maximum atomic E-state index is 13.1. The first-order valence-corrected chi connectivity index (χ1v) is 9.75. The second kappa shape index (κ2) is 9.11. The number of halogens is 1. The molecule has 0 saturated heterocycles. The summed E-state index contributed by atoms with van der Waals surface area (Å²) >= 11 is 0. The van der Waals surface area contributed by atoms with Crippen molar-refractivity contribution in [3.05, 3.63) is 100 Å². The lowest BCUT2D eigenvalue weighted by Gasteiger charge is -2.07. The van der Waals surface area contributed by atoms with Crippen molar-refractivity contribution >= 4 is 17.3 Å². The van der Waals surface area contributed by atoms with Crippen LogP contribution in [0.25, 0.3) is 23.0 Å². The van der Waals surface area contributed by atoms with Gasteiger partial charge in [0.25, 0.3) is 0 Å². The summed E-state index contributed by atoms with van der Waals surface area (Å²) in [7, 11) is 1.74. The summed E-state index contributed by atoms with van der Waals surface area (Å²) in [5.74, 6) is 0.715. The maximum absolute atomic E-state index is 13.1. The minimum atomic E-state index is -0.585. The molecular formula is C24H16FN5O3. The van der Waals surface area contributed by atoms with Crippen LogP contribution in [-0.4, -0.2) is 19.7 Å². The number of rotatable bonds is 6. The summed E-state index contributed by atoms with van der Waals surface area (Å²) < 4.78 is 20.3. The molecule has 0 amide bonds. The van der Waals surface area contributed by atoms with E-state index in [4.69, 9.17) is 4.74 Å². The zero-order valence-electron chi connectivity index (χ0n) is 17.3. The van der Waals surface area contributed by atoms with Crippen molar-refractivity contribution in [2.45, 2.75) is 0 Å². The van der Waals surface area contributed by atoms with E-state index in [1.54, 1.807) is 17.7 Å². The second-order valence-electron chi connectivity index (χ2n) is 6.98. The number of allylic oxidation sites excluding steroid dienone is 1. The van der Waals surface area contributed by atoms with E-state index in [-0.39, 0.29) is 22.8 Å². The summed E-state index contributed by atoms with van der Waals surface area (Å²) in [4.78, 5) is 11.0. The van der Waals surface area contributed by atoms with Gasteiger partial charge in [-0.05, 0) is 42.0 Å². The fourth-order valence-electron chi connectivity index (χ4n) is 3.20. The standard InChI is InChI=1S/C24H16FN5O3/c1-29-23(17-5-3-2-4-6-17)27-28-24(29)18(15-26)13-16-7-12-22(21(14-16)30(31)32)33-20-10-8-19(25)9-11-20/h2-14H,1H3/b18-13+. The van der Waals surface area contributed by atoms with Crippen LogP contribution in [0.5, 0.6) is 11.5 Å². The molecular weight excluding hydrogens is 425 g/mol. The normalized spacial score (nSPS) is 11.1. The smallest absolute Gasteiger partial charge is 0.312 e. The van der Waals surface area contributed by atoms with Gasteiger partial charge in [0.15, 0.2) is 11.6 Å². The van der Waals surface area contributed by atoms with Crippen molar-refractivity contribution in [1.29, 1.82) is 5.26 Å². The Morgan fingerprint density at radius 3 is 2.52 bits per heavy atom. The predicted octanol–water partition coefficient (Wildman–Crippen LogP) is 5.39. The number of hydrogen-bond donors (Lipinski definition) is 0. The average Bonchev–Trinajstić information content (AvgIpc) is 3.21. The van der Waals surface area contributed by atoms with E-state index in [9.17, 15) is 19.8 Å². The number of aromatic nitrogens is 3. The van der Waals surface area contributed by atoms with Gasteiger partial charge in [-0.25, -0.2) is 4.39 Å². The lowest BCUT2D eigenvalue weighted by molar-refractivity contribution is -0.385. The van der Waals surface area contributed by atoms with E-state index in [1.165, 1.54) is 42.5 Å². The van der Waals surface area contributed by atoms with Gasteiger partial charge >= 0.3 is 5.69 Å². The lowest BCUT2D eigenvalue weighted by atomic mass is 10.1. The Hall–Kier alpha value is -4.84. The molecule has 33 heavy (non-hydrogen) atoms. The Labute approximate surface area is 188 Å². The highest BCUT2D eigenvalue weighted by Gasteiger charge is 2.18. The number of ether oxygens (including phenoxy) is 1. The molecule has 4 aromatic rings. The van der Waals surface area contributed by atoms with Gasteiger partial charge in [0.1, 0.15) is 17.6 Å². The number of nitrogens with zero attached hydrogens (tertiary/aromatic N) is 5. The molecule has 3 aromatic carbocycles. The molecule has 0 radical (unpaired) electrons. The third-order valence-electron chi connectivity index (χ3n) is 4.80. The summed E-state index contributed by atoms with van der Waals surface area (Å²) in [6.45, 7) is 0. The van der Waals surface area contributed by atoms with E-state index < -0.39 is 10.7 Å². The molecule has 162 valence electrons. The monoisotopic (exact) mass is 441 g/mol. The minimum absolute atomic E-state index is 0.00714. The Kier molecular flexibility index (Phi) is 5.91. The molecule has 0 aliphatic heterocycles. The number of nitriles is 1. The molecule has 0 N–H and O–H groups in total. The third kappa shape index (κ3) is 4.60. The van der Waals surface area contributed by atoms with Gasteiger partial charge in [0.05, 0.1) is 10.5 Å². The molecule has 0 atom stereocenters. The van der Waals surface area contributed by atoms with E-state index in [1.807, 2.05) is 30.3 Å². The molecule has 0 aliphatic carbocycles. The highest BCUT2D eigenvalue weighted by atomic mass is 19.1. The Morgan fingerprint density at radius 1 is 1.12 bits per heavy atom. The van der Waals surface area contributed by atoms with Crippen molar-refractivity contribution < 1.29 is 14.1 Å². The van der Waals surface area contributed by atoms with Gasteiger partial charge in [-0.2, -0.15) is 5.26 Å². The van der Waals surface area contributed by atoms with Crippen molar-refractivity contribution in [2.75, 3.05) is 0 Å². The molecule has 8 nitrogen and oxygen atoms in total. The van der Waals surface area contributed by atoms with Gasteiger partial charge in [-0.3, -0.25) is 10.1 Å². The van der Waals surface area contributed by atoms with Gasteiger partial charge in [0.2, 0.25) is 5.75 Å². The Balaban J connectivity index is 1.68. The predicted molar refractivity (Wildman–Crippen MR) is 119 cm³/mol. The third-order valence-corrected chi connectivity index (χ3v) is 4.80. The largest absolute Gasteiger partial charge is 0.450 e. The molecule has 0 fully saturated rings. The van der Waals surface area contributed by atoms with Gasteiger partial charge in [0, 0.05) is 18.7 Å². The zero-order chi connectivity index (χ0) is 23.4. The van der Waals surface area contributed by atoms with Crippen LogP contribution in [0.3, 0.4) is 0 Å². The van der Waals surface area contributed by atoms with E-state index in [0.717, 1.165) is 5.56 Å². The molecule has 0 aliphatic rings.